The van der Waals surface area contributed by atoms with Crippen LogP contribution in [0.25, 0.3) is 10.9 Å². The summed E-state index contributed by atoms with van der Waals surface area (Å²) < 4.78 is 0. The molecule has 0 unspecified atom stereocenters. The van der Waals surface area contributed by atoms with Crippen molar-refractivity contribution in [2.24, 2.45) is 5.73 Å². The van der Waals surface area contributed by atoms with E-state index in [1.165, 1.54) is 6.92 Å². The number of carbonyl (C=O) groups is 5. The molecular weight excluding hydrogens is 422 g/mol. The smallest absolute Gasteiger partial charge is 0.325 e. The van der Waals surface area contributed by atoms with E-state index >= 15 is 0 Å². The van der Waals surface area contributed by atoms with Gasteiger partial charge in [0.15, 0.2) is 0 Å². The van der Waals surface area contributed by atoms with Gasteiger partial charge < -0.3 is 36.9 Å². The molecule has 0 fully saturated rings. The predicted octanol–water partition coefficient (Wildman–Crippen LogP) is -1.30. The summed E-state index contributed by atoms with van der Waals surface area (Å²) in [5, 5.41) is 25.8. The second-order valence-corrected chi connectivity index (χ2v) is 7.12. The number of aromatic amines is 1. The standard InChI is InChI=1S/C20H25N5O7/c1-10(20(31)32)23-18(29)14(6-11-9-22-13-5-3-2-4-12(11)13)25-19(30)15(7-17(27)28)24-16(26)8-21/h2-5,9-10,14-15,22H,6-8,21H2,1H3,(H,23,29)(H,24,26)(H,25,30)(H,27,28)(H,31,32)/t10-,14-,15-/m0/s1. The van der Waals surface area contributed by atoms with Gasteiger partial charge in [0.1, 0.15) is 18.1 Å². The van der Waals surface area contributed by atoms with Crippen molar-refractivity contribution >= 4 is 40.6 Å². The lowest BCUT2D eigenvalue weighted by molar-refractivity contribution is -0.142. The number of nitrogens with two attached hydrogens (primary N) is 1. The minimum atomic E-state index is -1.47. The lowest BCUT2D eigenvalue weighted by Gasteiger charge is -2.23. The molecule has 1 aromatic carbocycles. The summed E-state index contributed by atoms with van der Waals surface area (Å²) in [6.07, 6.45) is 0.908. The van der Waals surface area contributed by atoms with Crippen LogP contribution in [0.3, 0.4) is 0 Å². The Hall–Kier alpha value is -3.93. The molecule has 0 aliphatic rings. The molecule has 0 aliphatic carbocycles. The monoisotopic (exact) mass is 447 g/mol. The van der Waals surface area contributed by atoms with Gasteiger partial charge in [0.2, 0.25) is 17.7 Å². The zero-order valence-corrected chi connectivity index (χ0v) is 17.3. The number of carboxylic acid groups (broad SMARTS) is 2. The molecule has 3 atom stereocenters. The Labute approximate surface area is 182 Å². The van der Waals surface area contributed by atoms with Gasteiger partial charge in [-0.1, -0.05) is 18.2 Å². The highest BCUT2D eigenvalue weighted by molar-refractivity contribution is 5.95. The highest BCUT2D eigenvalue weighted by Gasteiger charge is 2.30. The third-order valence-corrected chi connectivity index (χ3v) is 4.68. The molecule has 172 valence electrons. The normalized spacial score (nSPS) is 13.6. The van der Waals surface area contributed by atoms with Crippen LogP contribution in [0, 0.1) is 0 Å². The molecule has 3 amide bonds. The number of aliphatic carboxylic acids is 2. The van der Waals surface area contributed by atoms with Crippen LogP contribution in [0.5, 0.6) is 0 Å². The Balaban J connectivity index is 2.28. The fraction of sp³-hybridized carbons (Fsp3) is 0.350. The van der Waals surface area contributed by atoms with Crippen LogP contribution < -0.4 is 21.7 Å². The number of carbonyl (C=O) groups excluding carboxylic acids is 3. The molecule has 32 heavy (non-hydrogen) atoms. The molecule has 2 aromatic rings. The van der Waals surface area contributed by atoms with E-state index in [4.69, 9.17) is 15.9 Å². The Bertz CT molecular complexity index is 1020. The largest absolute Gasteiger partial charge is 0.481 e. The molecule has 2 rings (SSSR count). The van der Waals surface area contributed by atoms with Gasteiger partial charge in [-0.25, -0.2) is 0 Å². The van der Waals surface area contributed by atoms with E-state index in [9.17, 15) is 24.0 Å². The number of amides is 3. The van der Waals surface area contributed by atoms with Crippen LogP contribution in [0.1, 0.15) is 18.9 Å². The van der Waals surface area contributed by atoms with Crippen LogP contribution in [-0.4, -0.2) is 69.5 Å². The van der Waals surface area contributed by atoms with E-state index in [1.54, 1.807) is 12.3 Å². The summed E-state index contributed by atoms with van der Waals surface area (Å²) in [6.45, 7) is 0.804. The molecular formula is C20H25N5O7. The molecule has 12 nitrogen and oxygen atoms in total. The van der Waals surface area contributed by atoms with Crippen LogP contribution in [0.15, 0.2) is 30.5 Å². The first-order valence-electron chi connectivity index (χ1n) is 9.72. The Morgan fingerprint density at radius 3 is 2.28 bits per heavy atom. The second kappa shape index (κ2) is 10.9. The van der Waals surface area contributed by atoms with Crippen LogP contribution >= 0.6 is 0 Å². The first-order chi connectivity index (χ1) is 15.1. The lowest BCUT2D eigenvalue weighted by atomic mass is 10.0. The number of nitrogens with one attached hydrogen (secondary N) is 4. The maximum Gasteiger partial charge on any atom is 0.325 e. The quantitative estimate of drug-likeness (QED) is 0.220. The number of rotatable bonds is 11. The number of hydrogen-bond donors (Lipinski definition) is 7. The fourth-order valence-electron chi connectivity index (χ4n) is 3.01. The SMILES string of the molecule is C[C@H](NC(=O)[C@H](Cc1c[nH]c2ccccc12)NC(=O)[C@H](CC(=O)O)NC(=O)CN)C(=O)O. The topological polar surface area (TPSA) is 204 Å². The molecule has 8 N–H and O–H groups in total. The lowest BCUT2D eigenvalue weighted by Crippen LogP contribution is -2.56. The maximum atomic E-state index is 12.8. The molecule has 0 saturated carbocycles. The van der Waals surface area contributed by atoms with Crippen molar-refractivity contribution in [1.82, 2.24) is 20.9 Å². The molecule has 0 saturated heterocycles. The zero-order chi connectivity index (χ0) is 23.8. The van der Waals surface area contributed by atoms with Crippen LogP contribution in [-0.2, 0) is 30.4 Å². The zero-order valence-electron chi connectivity index (χ0n) is 17.3. The van der Waals surface area contributed by atoms with E-state index in [0.29, 0.717) is 5.56 Å². The Morgan fingerprint density at radius 2 is 1.66 bits per heavy atom. The summed E-state index contributed by atoms with van der Waals surface area (Å²) >= 11 is 0. The minimum Gasteiger partial charge on any atom is -0.481 e. The van der Waals surface area contributed by atoms with Gasteiger partial charge in [-0.05, 0) is 18.6 Å². The van der Waals surface area contributed by atoms with E-state index in [-0.39, 0.29) is 6.42 Å². The Kier molecular flexibility index (Phi) is 8.30. The van der Waals surface area contributed by atoms with Crippen molar-refractivity contribution in [1.29, 1.82) is 0 Å². The first kappa shape index (κ1) is 24.3. The maximum absolute atomic E-state index is 12.8. The Morgan fingerprint density at radius 1 is 1.00 bits per heavy atom. The molecule has 12 heteroatoms. The third-order valence-electron chi connectivity index (χ3n) is 4.68. The van der Waals surface area contributed by atoms with Crippen molar-refractivity contribution in [2.45, 2.75) is 37.9 Å². The highest BCUT2D eigenvalue weighted by atomic mass is 16.4. The van der Waals surface area contributed by atoms with E-state index in [2.05, 4.69) is 20.9 Å². The number of hydrogen-bond acceptors (Lipinski definition) is 6. The average molecular weight is 447 g/mol. The van der Waals surface area contributed by atoms with Crippen molar-refractivity contribution in [3.8, 4) is 0 Å². The van der Waals surface area contributed by atoms with Crippen molar-refractivity contribution in [3.05, 3.63) is 36.0 Å². The molecule has 0 spiro atoms. The number of fused-ring (bicyclic) bond motifs is 1. The van der Waals surface area contributed by atoms with Gasteiger partial charge in [-0.15, -0.1) is 0 Å². The molecule has 1 aromatic heterocycles. The molecule has 0 bridgehead atoms. The van der Waals surface area contributed by atoms with Crippen LogP contribution in [0.2, 0.25) is 0 Å². The van der Waals surface area contributed by atoms with Gasteiger partial charge in [-0.2, -0.15) is 0 Å². The molecule has 1 heterocycles. The minimum absolute atomic E-state index is 0.0153. The number of para-hydroxylation sites is 1. The van der Waals surface area contributed by atoms with Gasteiger partial charge in [0, 0.05) is 23.5 Å². The van der Waals surface area contributed by atoms with E-state index in [1.807, 2.05) is 18.2 Å². The van der Waals surface area contributed by atoms with Crippen molar-refractivity contribution in [3.63, 3.8) is 0 Å². The average Bonchev–Trinajstić information content (AvgIpc) is 3.15. The number of H-pyrrole nitrogens is 1. The van der Waals surface area contributed by atoms with E-state index in [0.717, 1.165) is 10.9 Å². The summed E-state index contributed by atoms with van der Waals surface area (Å²) in [7, 11) is 0. The molecule has 0 radical (unpaired) electrons. The summed E-state index contributed by atoms with van der Waals surface area (Å²) in [5.74, 6) is -5.06. The van der Waals surface area contributed by atoms with Crippen molar-refractivity contribution in [2.75, 3.05) is 6.54 Å². The van der Waals surface area contributed by atoms with Gasteiger partial charge in [-0.3, -0.25) is 24.0 Å². The van der Waals surface area contributed by atoms with Crippen molar-refractivity contribution < 1.29 is 34.2 Å². The summed E-state index contributed by atoms with van der Waals surface area (Å²) in [5.41, 5.74) is 6.68. The second-order valence-electron chi connectivity index (χ2n) is 7.12. The number of carboxylic acids is 2. The fourth-order valence-corrected chi connectivity index (χ4v) is 3.01. The molecule has 0 aliphatic heterocycles. The summed E-state index contributed by atoms with van der Waals surface area (Å²) in [6, 6.07) is 3.31. The van der Waals surface area contributed by atoms with Gasteiger partial charge >= 0.3 is 11.9 Å². The number of aromatic nitrogens is 1. The number of benzene rings is 1. The van der Waals surface area contributed by atoms with E-state index < -0.39 is 60.8 Å². The first-order valence-corrected chi connectivity index (χ1v) is 9.72. The predicted molar refractivity (Wildman–Crippen MR) is 112 cm³/mol. The van der Waals surface area contributed by atoms with Gasteiger partial charge in [0.25, 0.3) is 0 Å². The van der Waals surface area contributed by atoms with Crippen LogP contribution in [0.4, 0.5) is 0 Å². The van der Waals surface area contributed by atoms with Gasteiger partial charge in [0.05, 0.1) is 13.0 Å². The summed E-state index contributed by atoms with van der Waals surface area (Å²) in [4.78, 5) is 62.4. The third kappa shape index (κ3) is 6.54. The highest BCUT2D eigenvalue weighted by Crippen LogP contribution is 2.19.